The van der Waals surface area contributed by atoms with Gasteiger partial charge >= 0.3 is 0 Å². The molecule has 1 aliphatic carbocycles. The van der Waals surface area contributed by atoms with Crippen molar-refractivity contribution in [1.82, 2.24) is 25.1 Å². The number of anilines is 1. The van der Waals surface area contributed by atoms with Crippen LogP contribution in [0.5, 0.6) is 0 Å². The first-order valence-corrected chi connectivity index (χ1v) is 10.9. The second kappa shape index (κ2) is 9.87. The zero-order valence-electron chi connectivity index (χ0n) is 17.2. The van der Waals surface area contributed by atoms with E-state index in [1.165, 1.54) is 35.9 Å². The lowest BCUT2D eigenvalue weighted by molar-refractivity contribution is -0.131. The number of tetrazole rings is 1. The molecule has 1 aliphatic rings. The molecule has 2 amide bonds. The van der Waals surface area contributed by atoms with Crippen molar-refractivity contribution in [1.29, 1.82) is 0 Å². The fraction of sp³-hybridized carbons (Fsp3) is 0.550. The standard InChI is InChI=1S/C20H28N6O2S/c1-14-8-7-9-15(2)19(14)21-17(27)12-25(3)18(28)13-29-20-22-23-24-26(20)16-10-5-4-6-11-16/h7-9,16H,4-6,10-13H2,1-3H3,(H,21,27). The Morgan fingerprint density at radius 2 is 1.90 bits per heavy atom. The van der Waals surface area contributed by atoms with Crippen LogP contribution in [0.2, 0.25) is 0 Å². The lowest BCUT2D eigenvalue weighted by Gasteiger charge is -2.22. The molecule has 8 nitrogen and oxygen atoms in total. The van der Waals surface area contributed by atoms with E-state index in [-0.39, 0.29) is 24.1 Å². The molecule has 0 radical (unpaired) electrons. The van der Waals surface area contributed by atoms with E-state index in [1.54, 1.807) is 7.05 Å². The minimum absolute atomic E-state index is 0.000727. The number of rotatable bonds is 7. The Bertz CT molecular complexity index is 842. The number of carbonyl (C=O) groups is 2. The maximum absolute atomic E-state index is 12.5. The van der Waals surface area contributed by atoms with E-state index in [2.05, 4.69) is 20.8 Å². The smallest absolute Gasteiger partial charge is 0.243 e. The van der Waals surface area contributed by atoms with Crippen LogP contribution < -0.4 is 5.32 Å². The highest BCUT2D eigenvalue weighted by Crippen LogP contribution is 2.30. The highest BCUT2D eigenvalue weighted by atomic mass is 32.2. The molecule has 0 bridgehead atoms. The van der Waals surface area contributed by atoms with Crippen LogP contribution in [0.4, 0.5) is 5.69 Å². The van der Waals surface area contributed by atoms with E-state index in [1.807, 2.05) is 36.7 Å². The summed E-state index contributed by atoms with van der Waals surface area (Å²) in [6, 6.07) is 6.17. The maximum Gasteiger partial charge on any atom is 0.243 e. The van der Waals surface area contributed by atoms with Gasteiger partial charge in [-0.15, -0.1) is 5.10 Å². The predicted octanol–water partition coefficient (Wildman–Crippen LogP) is 2.98. The van der Waals surface area contributed by atoms with E-state index in [0.29, 0.717) is 11.2 Å². The fourth-order valence-corrected chi connectivity index (χ4v) is 4.45. The van der Waals surface area contributed by atoms with Gasteiger partial charge in [-0.25, -0.2) is 4.68 Å². The normalized spacial score (nSPS) is 14.6. The Kier molecular flexibility index (Phi) is 7.24. The zero-order valence-corrected chi connectivity index (χ0v) is 18.0. The first kappa shape index (κ1) is 21.3. The summed E-state index contributed by atoms with van der Waals surface area (Å²) in [6.45, 7) is 3.90. The van der Waals surface area contributed by atoms with Crippen molar-refractivity contribution >= 4 is 29.3 Å². The van der Waals surface area contributed by atoms with Gasteiger partial charge in [0, 0.05) is 12.7 Å². The van der Waals surface area contributed by atoms with E-state index in [9.17, 15) is 9.59 Å². The third kappa shape index (κ3) is 5.56. The number of para-hydroxylation sites is 1. The number of aryl methyl sites for hydroxylation is 2. The number of nitrogens with one attached hydrogen (secondary N) is 1. The Labute approximate surface area is 175 Å². The second-order valence-corrected chi connectivity index (χ2v) is 8.49. The molecule has 0 spiro atoms. The van der Waals surface area contributed by atoms with Gasteiger partial charge in [-0.2, -0.15) is 0 Å². The molecule has 1 N–H and O–H groups in total. The molecular weight excluding hydrogens is 388 g/mol. The number of benzene rings is 1. The Morgan fingerprint density at radius 1 is 1.21 bits per heavy atom. The van der Waals surface area contributed by atoms with Gasteiger partial charge < -0.3 is 10.2 Å². The number of hydrogen-bond donors (Lipinski definition) is 1. The molecule has 29 heavy (non-hydrogen) atoms. The summed E-state index contributed by atoms with van der Waals surface area (Å²) in [5.41, 5.74) is 2.80. The molecule has 1 fully saturated rings. The number of carbonyl (C=O) groups excluding carboxylic acids is 2. The molecule has 156 valence electrons. The summed E-state index contributed by atoms with van der Waals surface area (Å²) in [5, 5.41) is 15.6. The number of hydrogen-bond acceptors (Lipinski definition) is 6. The van der Waals surface area contributed by atoms with Gasteiger partial charge in [0.2, 0.25) is 17.0 Å². The first-order chi connectivity index (χ1) is 14.0. The fourth-order valence-electron chi connectivity index (χ4n) is 3.57. The topological polar surface area (TPSA) is 93.0 Å². The number of amides is 2. The van der Waals surface area contributed by atoms with Crippen LogP contribution in [-0.4, -0.2) is 56.3 Å². The molecule has 1 aromatic heterocycles. The van der Waals surface area contributed by atoms with Gasteiger partial charge in [0.15, 0.2) is 0 Å². The molecule has 1 aromatic carbocycles. The van der Waals surface area contributed by atoms with Crippen molar-refractivity contribution in [3.63, 3.8) is 0 Å². The number of nitrogens with zero attached hydrogens (tertiary/aromatic N) is 5. The van der Waals surface area contributed by atoms with E-state index < -0.39 is 0 Å². The van der Waals surface area contributed by atoms with Gasteiger partial charge in [-0.1, -0.05) is 49.2 Å². The molecular formula is C20H28N6O2S. The summed E-state index contributed by atoms with van der Waals surface area (Å²) in [7, 11) is 1.64. The Hall–Kier alpha value is -2.42. The molecule has 0 saturated heterocycles. The average Bonchev–Trinajstić information content (AvgIpc) is 3.18. The van der Waals surface area contributed by atoms with Gasteiger partial charge in [-0.05, 0) is 48.2 Å². The molecule has 3 rings (SSSR count). The molecule has 0 aliphatic heterocycles. The van der Waals surface area contributed by atoms with E-state index in [4.69, 9.17) is 0 Å². The van der Waals surface area contributed by atoms with E-state index in [0.717, 1.165) is 29.7 Å². The largest absolute Gasteiger partial charge is 0.336 e. The van der Waals surface area contributed by atoms with Crippen LogP contribution in [0.25, 0.3) is 0 Å². The van der Waals surface area contributed by atoms with Crippen LogP contribution in [0.15, 0.2) is 23.4 Å². The van der Waals surface area contributed by atoms with Gasteiger partial charge in [-0.3, -0.25) is 9.59 Å². The molecule has 9 heteroatoms. The second-order valence-electron chi connectivity index (χ2n) is 7.55. The summed E-state index contributed by atoms with van der Waals surface area (Å²) >= 11 is 1.32. The van der Waals surface area contributed by atoms with Crippen molar-refractivity contribution < 1.29 is 9.59 Å². The van der Waals surface area contributed by atoms with Crippen LogP contribution in [0.3, 0.4) is 0 Å². The lowest BCUT2D eigenvalue weighted by Crippen LogP contribution is -2.36. The number of aromatic nitrogens is 4. The lowest BCUT2D eigenvalue weighted by atomic mass is 9.96. The quantitative estimate of drug-likeness (QED) is 0.698. The highest BCUT2D eigenvalue weighted by Gasteiger charge is 2.22. The van der Waals surface area contributed by atoms with Crippen LogP contribution in [0, 0.1) is 13.8 Å². The van der Waals surface area contributed by atoms with Crippen molar-refractivity contribution in [3.8, 4) is 0 Å². The van der Waals surface area contributed by atoms with Crippen LogP contribution in [-0.2, 0) is 9.59 Å². The van der Waals surface area contributed by atoms with Crippen molar-refractivity contribution in [3.05, 3.63) is 29.3 Å². The monoisotopic (exact) mass is 416 g/mol. The van der Waals surface area contributed by atoms with Crippen molar-refractivity contribution in [2.24, 2.45) is 0 Å². The third-order valence-corrected chi connectivity index (χ3v) is 6.18. The van der Waals surface area contributed by atoms with Crippen LogP contribution in [0.1, 0.15) is 49.3 Å². The Balaban J connectivity index is 1.51. The Morgan fingerprint density at radius 3 is 2.59 bits per heavy atom. The zero-order chi connectivity index (χ0) is 20.8. The summed E-state index contributed by atoms with van der Waals surface area (Å²) in [4.78, 5) is 26.3. The molecule has 0 unspecified atom stereocenters. The number of likely N-dealkylation sites (N-methyl/N-ethyl adjacent to an activating group) is 1. The summed E-state index contributed by atoms with van der Waals surface area (Å²) in [5.74, 6) is -0.152. The van der Waals surface area contributed by atoms with Crippen molar-refractivity contribution in [2.45, 2.75) is 57.1 Å². The third-order valence-electron chi connectivity index (χ3n) is 5.26. The highest BCUT2D eigenvalue weighted by molar-refractivity contribution is 7.99. The molecule has 1 saturated carbocycles. The van der Waals surface area contributed by atoms with Gasteiger partial charge in [0.05, 0.1) is 18.3 Å². The van der Waals surface area contributed by atoms with Gasteiger partial charge in [0.1, 0.15) is 0 Å². The molecule has 0 atom stereocenters. The summed E-state index contributed by atoms with van der Waals surface area (Å²) in [6.07, 6.45) is 5.78. The van der Waals surface area contributed by atoms with Crippen molar-refractivity contribution in [2.75, 3.05) is 24.7 Å². The van der Waals surface area contributed by atoms with Gasteiger partial charge in [0.25, 0.3) is 0 Å². The predicted molar refractivity (Wildman–Crippen MR) is 113 cm³/mol. The molecule has 1 heterocycles. The molecule has 2 aromatic rings. The SMILES string of the molecule is Cc1cccc(C)c1NC(=O)CN(C)C(=O)CSc1nnnn1C1CCCCC1. The van der Waals surface area contributed by atoms with Crippen LogP contribution >= 0.6 is 11.8 Å². The average molecular weight is 417 g/mol. The maximum atomic E-state index is 12.5. The number of thioether (sulfide) groups is 1. The minimum atomic E-state index is -0.213. The summed E-state index contributed by atoms with van der Waals surface area (Å²) < 4.78 is 1.85. The minimum Gasteiger partial charge on any atom is -0.336 e. The first-order valence-electron chi connectivity index (χ1n) is 9.96. The van der Waals surface area contributed by atoms with E-state index >= 15 is 0 Å².